The number of rotatable bonds is 7. The lowest BCUT2D eigenvalue weighted by atomic mass is 9.96. The number of hydrogen-bond donors (Lipinski definition) is 2. The number of carboxylic acids is 1. The van der Waals surface area contributed by atoms with Crippen molar-refractivity contribution in [3.63, 3.8) is 0 Å². The average molecular weight is 185 g/mol. The molecule has 0 aromatic carbocycles. The van der Waals surface area contributed by atoms with E-state index in [4.69, 9.17) is 5.11 Å². The van der Waals surface area contributed by atoms with Gasteiger partial charge in [-0.3, -0.25) is 9.59 Å². The Hall–Kier alpha value is -1.06. The van der Waals surface area contributed by atoms with Crippen molar-refractivity contribution in [3.8, 4) is 0 Å². The molecule has 74 valence electrons. The maximum atomic E-state index is 10.5. The van der Waals surface area contributed by atoms with E-state index in [-0.39, 0.29) is 11.8 Å². The SMILES string of the molecule is O=CNCCCC1(CC(=O)O)CC1. The van der Waals surface area contributed by atoms with Gasteiger partial charge >= 0.3 is 5.97 Å². The van der Waals surface area contributed by atoms with Gasteiger partial charge < -0.3 is 10.4 Å². The Labute approximate surface area is 77.3 Å². The molecule has 1 rings (SSSR count). The Morgan fingerprint density at radius 2 is 2.23 bits per heavy atom. The van der Waals surface area contributed by atoms with Gasteiger partial charge in [0.05, 0.1) is 6.42 Å². The predicted octanol–water partition coefficient (Wildman–Crippen LogP) is 0.767. The maximum Gasteiger partial charge on any atom is 0.303 e. The van der Waals surface area contributed by atoms with Gasteiger partial charge in [-0.2, -0.15) is 0 Å². The van der Waals surface area contributed by atoms with Crippen LogP contribution in [0.1, 0.15) is 32.1 Å². The van der Waals surface area contributed by atoms with Crippen molar-refractivity contribution in [3.05, 3.63) is 0 Å². The summed E-state index contributed by atoms with van der Waals surface area (Å²) >= 11 is 0. The van der Waals surface area contributed by atoms with Crippen molar-refractivity contribution in [2.24, 2.45) is 5.41 Å². The molecule has 0 unspecified atom stereocenters. The van der Waals surface area contributed by atoms with Crippen molar-refractivity contribution >= 4 is 12.4 Å². The summed E-state index contributed by atoms with van der Waals surface area (Å²) in [6.45, 7) is 0.658. The lowest BCUT2D eigenvalue weighted by Gasteiger charge is -2.11. The van der Waals surface area contributed by atoms with Gasteiger partial charge in [0.1, 0.15) is 0 Å². The highest BCUT2D eigenvalue weighted by Gasteiger charge is 2.43. The largest absolute Gasteiger partial charge is 0.481 e. The number of aliphatic carboxylic acids is 1. The second-order valence-corrected chi connectivity index (χ2v) is 3.75. The summed E-state index contributed by atoms with van der Waals surface area (Å²) < 4.78 is 0. The molecule has 1 aliphatic rings. The smallest absolute Gasteiger partial charge is 0.303 e. The van der Waals surface area contributed by atoms with Crippen molar-refractivity contribution in [1.29, 1.82) is 0 Å². The minimum absolute atomic E-state index is 0.0659. The molecule has 1 fully saturated rings. The van der Waals surface area contributed by atoms with Crippen LogP contribution in [0.3, 0.4) is 0 Å². The highest BCUT2D eigenvalue weighted by atomic mass is 16.4. The highest BCUT2D eigenvalue weighted by Crippen LogP contribution is 2.52. The van der Waals surface area contributed by atoms with Gasteiger partial charge in [-0.15, -0.1) is 0 Å². The van der Waals surface area contributed by atoms with E-state index in [2.05, 4.69) is 5.32 Å². The number of carboxylic acid groups (broad SMARTS) is 1. The Morgan fingerprint density at radius 1 is 1.54 bits per heavy atom. The van der Waals surface area contributed by atoms with Crippen LogP contribution in [0.4, 0.5) is 0 Å². The fourth-order valence-corrected chi connectivity index (χ4v) is 1.64. The van der Waals surface area contributed by atoms with Gasteiger partial charge in [-0.25, -0.2) is 0 Å². The fourth-order valence-electron chi connectivity index (χ4n) is 1.64. The molecule has 1 saturated carbocycles. The summed E-state index contributed by atoms with van der Waals surface area (Å²) in [7, 11) is 0. The molecular weight excluding hydrogens is 170 g/mol. The van der Waals surface area contributed by atoms with E-state index in [1.165, 1.54) is 0 Å². The Morgan fingerprint density at radius 3 is 2.69 bits per heavy atom. The predicted molar refractivity (Wildman–Crippen MR) is 47.2 cm³/mol. The van der Waals surface area contributed by atoms with Gasteiger partial charge in [0.25, 0.3) is 0 Å². The Bertz CT molecular complexity index is 199. The zero-order valence-corrected chi connectivity index (χ0v) is 7.58. The third-order valence-electron chi connectivity index (χ3n) is 2.59. The summed E-state index contributed by atoms with van der Waals surface area (Å²) in [5, 5.41) is 11.2. The second-order valence-electron chi connectivity index (χ2n) is 3.75. The first kappa shape index (κ1) is 10.0. The minimum Gasteiger partial charge on any atom is -0.481 e. The third kappa shape index (κ3) is 3.44. The van der Waals surface area contributed by atoms with E-state index in [0.29, 0.717) is 13.0 Å². The number of hydrogen-bond acceptors (Lipinski definition) is 2. The van der Waals surface area contributed by atoms with Gasteiger partial charge in [0.15, 0.2) is 0 Å². The van der Waals surface area contributed by atoms with Crippen LogP contribution in [0, 0.1) is 5.41 Å². The first-order valence-electron chi connectivity index (χ1n) is 4.57. The Balaban J connectivity index is 2.12. The number of carbonyl (C=O) groups excluding carboxylic acids is 1. The molecule has 0 aliphatic heterocycles. The van der Waals surface area contributed by atoms with Crippen LogP contribution in [0.25, 0.3) is 0 Å². The van der Waals surface area contributed by atoms with Crippen molar-refractivity contribution < 1.29 is 14.7 Å². The van der Waals surface area contributed by atoms with E-state index < -0.39 is 5.97 Å². The van der Waals surface area contributed by atoms with Crippen molar-refractivity contribution in [2.75, 3.05) is 6.54 Å². The molecule has 0 radical (unpaired) electrons. The zero-order valence-electron chi connectivity index (χ0n) is 7.58. The molecule has 0 bridgehead atoms. The fraction of sp³-hybridized carbons (Fsp3) is 0.778. The third-order valence-corrected chi connectivity index (χ3v) is 2.59. The van der Waals surface area contributed by atoms with Gasteiger partial charge in [-0.05, 0) is 31.1 Å². The first-order chi connectivity index (χ1) is 6.18. The maximum absolute atomic E-state index is 10.5. The second kappa shape index (κ2) is 4.25. The summed E-state index contributed by atoms with van der Waals surface area (Å²) in [5.74, 6) is -0.708. The van der Waals surface area contributed by atoms with E-state index >= 15 is 0 Å². The van der Waals surface area contributed by atoms with E-state index in [9.17, 15) is 9.59 Å². The molecule has 13 heavy (non-hydrogen) atoms. The molecule has 0 atom stereocenters. The Kier molecular flexibility index (Phi) is 3.28. The number of carbonyl (C=O) groups is 2. The van der Waals surface area contributed by atoms with Gasteiger partial charge in [-0.1, -0.05) is 0 Å². The summed E-state index contributed by atoms with van der Waals surface area (Å²) in [5.41, 5.74) is 0.0659. The molecule has 1 amide bonds. The van der Waals surface area contributed by atoms with E-state index in [0.717, 1.165) is 25.7 Å². The molecule has 0 heterocycles. The van der Waals surface area contributed by atoms with Crippen LogP contribution in [0.2, 0.25) is 0 Å². The van der Waals surface area contributed by atoms with Crippen LogP contribution in [-0.2, 0) is 9.59 Å². The normalized spacial score (nSPS) is 17.8. The molecular formula is C9H15NO3. The molecule has 0 aromatic heterocycles. The van der Waals surface area contributed by atoms with Crippen LogP contribution < -0.4 is 5.32 Å². The lowest BCUT2D eigenvalue weighted by molar-refractivity contribution is -0.138. The summed E-state index contributed by atoms with van der Waals surface area (Å²) in [6.07, 6.45) is 4.82. The monoisotopic (exact) mass is 185 g/mol. The number of nitrogens with one attached hydrogen (secondary N) is 1. The topological polar surface area (TPSA) is 66.4 Å². The minimum atomic E-state index is -0.708. The summed E-state index contributed by atoms with van der Waals surface area (Å²) in [4.78, 5) is 20.4. The van der Waals surface area contributed by atoms with Crippen LogP contribution >= 0.6 is 0 Å². The molecule has 2 N–H and O–H groups in total. The summed E-state index contributed by atoms with van der Waals surface area (Å²) in [6, 6.07) is 0. The molecule has 0 aromatic rings. The van der Waals surface area contributed by atoms with Crippen molar-refractivity contribution in [1.82, 2.24) is 5.32 Å². The van der Waals surface area contributed by atoms with Gasteiger partial charge in [0, 0.05) is 6.54 Å². The van der Waals surface area contributed by atoms with Crippen LogP contribution in [-0.4, -0.2) is 24.0 Å². The van der Waals surface area contributed by atoms with Crippen LogP contribution in [0.5, 0.6) is 0 Å². The zero-order chi connectivity index (χ0) is 9.73. The number of amides is 1. The molecule has 0 spiro atoms. The highest BCUT2D eigenvalue weighted by molar-refractivity contribution is 5.68. The molecule has 1 aliphatic carbocycles. The van der Waals surface area contributed by atoms with Crippen molar-refractivity contribution in [2.45, 2.75) is 32.1 Å². The van der Waals surface area contributed by atoms with Crippen LogP contribution in [0.15, 0.2) is 0 Å². The average Bonchev–Trinajstić information content (AvgIpc) is 2.78. The first-order valence-corrected chi connectivity index (χ1v) is 4.57. The standard InChI is InChI=1S/C9H15NO3/c11-7-10-5-1-2-9(3-4-9)6-8(12)13/h7H,1-6H2,(H,10,11)(H,12,13). The molecule has 4 nitrogen and oxygen atoms in total. The molecule has 4 heteroatoms. The lowest BCUT2D eigenvalue weighted by Crippen LogP contribution is -2.15. The van der Waals surface area contributed by atoms with E-state index in [1.54, 1.807) is 0 Å². The molecule has 0 saturated heterocycles. The van der Waals surface area contributed by atoms with E-state index in [1.807, 2.05) is 0 Å². The quantitative estimate of drug-likeness (QED) is 0.454. The van der Waals surface area contributed by atoms with Gasteiger partial charge in [0.2, 0.25) is 6.41 Å².